The van der Waals surface area contributed by atoms with Gasteiger partial charge in [-0.05, 0) is 24.1 Å². The maximum absolute atomic E-state index is 12.9. The minimum atomic E-state index is -0.00133. The summed E-state index contributed by atoms with van der Waals surface area (Å²) in [5.74, 6) is 0.613. The summed E-state index contributed by atoms with van der Waals surface area (Å²) >= 11 is 0. The Labute approximate surface area is 160 Å². The van der Waals surface area contributed by atoms with E-state index >= 15 is 0 Å². The van der Waals surface area contributed by atoms with Crippen molar-refractivity contribution in [3.63, 3.8) is 0 Å². The van der Waals surface area contributed by atoms with Crippen LogP contribution in [0.25, 0.3) is 23.5 Å². The van der Waals surface area contributed by atoms with Gasteiger partial charge in [0.1, 0.15) is 11.0 Å². The molecule has 8 nitrogen and oxygen atoms in total. The van der Waals surface area contributed by atoms with Gasteiger partial charge >= 0.3 is 6.03 Å². The summed E-state index contributed by atoms with van der Waals surface area (Å²) in [7, 11) is 0. The van der Waals surface area contributed by atoms with Gasteiger partial charge in [0.2, 0.25) is 0 Å². The second-order valence-electron chi connectivity index (χ2n) is 7.14. The molecule has 1 aromatic rings. The van der Waals surface area contributed by atoms with Crippen molar-refractivity contribution in [2.45, 2.75) is 19.8 Å². The first-order valence-electron chi connectivity index (χ1n) is 9.38. The molecule has 0 aliphatic carbocycles. The highest BCUT2D eigenvalue weighted by molar-refractivity contribution is 5.66. The van der Waals surface area contributed by atoms with Gasteiger partial charge in [0.05, 0.1) is 17.7 Å². The second-order valence-corrected chi connectivity index (χ2v) is 7.14. The van der Waals surface area contributed by atoms with Crippen LogP contribution in [-0.4, -0.2) is 38.7 Å². The number of quaternary nitrogens is 1. The SMILES string of the molecule is CC([O-])=c1ccc(=c2cc3n4c(cnc-3n2)=CN[NH+]4C(=O)N2CCCC2)cc1. The standard InChI is InChI=1S/C20H20N6O2/c1-13(27)14-4-6-15(7-5-14)17-10-18-19(23-17)21-11-16-12-22-26(25(16)18)20(28)24-8-2-3-9-24/h4-7,10-12,22,27H,2-3,8-9H2,1H3. The largest absolute Gasteiger partial charge is 0.875 e. The van der Waals surface area contributed by atoms with Crippen LogP contribution in [0.5, 0.6) is 0 Å². The minimum Gasteiger partial charge on any atom is -0.875 e. The molecule has 4 aliphatic rings. The van der Waals surface area contributed by atoms with Crippen molar-refractivity contribution in [3.8, 4) is 11.5 Å². The van der Waals surface area contributed by atoms with Crippen LogP contribution >= 0.6 is 0 Å². The molecule has 142 valence electrons. The van der Waals surface area contributed by atoms with Crippen LogP contribution in [0.2, 0.25) is 0 Å². The Kier molecular flexibility index (Phi) is 3.80. The lowest BCUT2D eigenvalue weighted by Crippen LogP contribution is -3.22. The van der Waals surface area contributed by atoms with Gasteiger partial charge in [0.15, 0.2) is 5.82 Å². The number of nitrogens with zero attached hydrogens (tertiary/aromatic N) is 4. The second kappa shape index (κ2) is 6.35. The van der Waals surface area contributed by atoms with E-state index in [4.69, 9.17) is 0 Å². The van der Waals surface area contributed by atoms with Crippen molar-refractivity contribution in [2.24, 2.45) is 0 Å². The summed E-state index contributed by atoms with van der Waals surface area (Å²) in [6.07, 6.45) is 5.61. The molecule has 0 saturated carbocycles. The Morgan fingerprint density at radius 3 is 2.68 bits per heavy atom. The van der Waals surface area contributed by atoms with Crippen LogP contribution in [0.3, 0.4) is 0 Å². The number of urea groups is 1. The molecule has 0 bridgehead atoms. The summed E-state index contributed by atoms with van der Waals surface area (Å²) < 4.78 is 1.89. The molecule has 0 aromatic heterocycles. The van der Waals surface area contributed by atoms with Gasteiger partial charge in [-0.2, -0.15) is 4.68 Å². The molecular weight excluding hydrogens is 356 g/mol. The van der Waals surface area contributed by atoms with E-state index < -0.39 is 0 Å². The van der Waals surface area contributed by atoms with E-state index in [2.05, 4.69) is 15.4 Å². The number of hydrogen-bond donors (Lipinski definition) is 2. The predicted molar refractivity (Wildman–Crippen MR) is 99.3 cm³/mol. The maximum atomic E-state index is 12.9. The van der Waals surface area contributed by atoms with Crippen molar-refractivity contribution < 1.29 is 15.0 Å². The summed E-state index contributed by atoms with van der Waals surface area (Å²) in [6, 6.07) is 9.30. The van der Waals surface area contributed by atoms with E-state index in [-0.39, 0.29) is 11.8 Å². The van der Waals surface area contributed by atoms with Crippen LogP contribution in [0.1, 0.15) is 19.8 Å². The molecule has 28 heavy (non-hydrogen) atoms. The van der Waals surface area contributed by atoms with Crippen molar-refractivity contribution in [2.75, 3.05) is 13.1 Å². The van der Waals surface area contributed by atoms with Crippen LogP contribution < -0.4 is 26.2 Å². The van der Waals surface area contributed by atoms with E-state index in [1.54, 1.807) is 31.5 Å². The van der Waals surface area contributed by atoms with Gasteiger partial charge in [0.25, 0.3) is 0 Å². The average molecular weight is 376 g/mol. The summed E-state index contributed by atoms with van der Waals surface area (Å²) in [6.45, 7) is 3.13. The van der Waals surface area contributed by atoms with E-state index in [0.717, 1.165) is 47.5 Å². The fourth-order valence-corrected chi connectivity index (χ4v) is 3.79. The third-order valence-corrected chi connectivity index (χ3v) is 5.31. The molecule has 1 aromatic carbocycles. The number of benzene rings is 1. The highest BCUT2D eigenvalue weighted by Crippen LogP contribution is 2.15. The predicted octanol–water partition coefficient (Wildman–Crippen LogP) is -1.72. The molecule has 2 amide bonds. The lowest BCUT2D eigenvalue weighted by Gasteiger charge is -2.20. The molecule has 8 heteroatoms. The van der Waals surface area contributed by atoms with Crippen LogP contribution in [-0.2, 0) is 0 Å². The van der Waals surface area contributed by atoms with Crippen molar-refractivity contribution in [1.29, 1.82) is 0 Å². The number of aromatic nitrogens is 3. The zero-order valence-electron chi connectivity index (χ0n) is 15.5. The van der Waals surface area contributed by atoms with Crippen molar-refractivity contribution in [3.05, 3.63) is 57.7 Å². The molecule has 1 atom stereocenters. The highest BCUT2D eigenvalue weighted by Gasteiger charge is 2.35. The van der Waals surface area contributed by atoms with E-state index in [9.17, 15) is 9.90 Å². The van der Waals surface area contributed by atoms with E-state index in [0.29, 0.717) is 16.2 Å². The van der Waals surface area contributed by atoms with Gasteiger partial charge < -0.3 is 5.11 Å². The summed E-state index contributed by atoms with van der Waals surface area (Å²) in [4.78, 5) is 23.9. The Balaban J connectivity index is 1.66. The highest BCUT2D eigenvalue weighted by atomic mass is 16.3. The van der Waals surface area contributed by atoms with Crippen LogP contribution in [0, 0.1) is 10.6 Å². The Morgan fingerprint density at radius 2 is 1.96 bits per heavy atom. The van der Waals surface area contributed by atoms with Gasteiger partial charge in [-0.15, -0.1) is 5.76 Å². The number of fused-ring (bicyclic) bond motifs is 3. The maximum Gasteiger partial charge on any atom is 0.467 e. The fourth-order valence-electron chi connectivity index (χ4n) is 3.79. The zero-order chi connectivity index (χ0) is 19.3. The summed E-state index contributed by atoms with van der Waals surface area (Å²) in [5.41, 5.74) is 3.90. The number of nitrogens with one attached hydrogen (secondary N) is 2. The fraction of sp³-hybridized carbons (Fsp3) is 0.250. The third kappa shape index (κ3) is 2.61. The van der Waals surface area contributed by atoms with Gasteiger partial charge in [-0.25, -0.2) is 20.2 Å². The zero-order valence-corrected chi connectivity index (χ0v) is 15.5. The number of carbonyl (C=O) groups is 1. The van der Waals surface area contributed by atoms with Crippen molar-refractivity contribution >= 4 is 18.0 Å². The Bertz CT molecular complexity index is 1230. The molecule has 1 unspecified atom stereocenters. The van der Waals surface area contributed by atoms with Crippen molar-refractivity contribution in [1.82, 2.24) is 25.0 Å². The van der Waals surface area contributed by atoms with E-state index in [1.165, 1.54) is 0 Å². The number of amides is 2. The lowest BCUT2D eigenvalue weighted by molar-refractivity contribution is -0.898. The lowest BCUT2D eigenvalue weighted by atomic mass is 10.2. The third-order valence-electron chi connectivity index (χ3n) is 5.31. The Hall–Kier alpha value is -3.39. The molecule has 5 rings (SSSR count). The topological polar surface area (TPSA) is 90.5 Å². The molecule has 0 spiro atoms. The smallest absolute Gasteiger partial charge is 0.467 e. The quantitative estimate of drug-likeness (QED) is 0.487. The Morgan fingerprint density at radius 1 is 1.21 bits per heavy atom. The number of likely N-dealkylation sites (tertiary alicyclic amines) is 1. The summed E-state index contributed by atoms with van der Waals surface area (Å²) in [5, 5.41) is 15.2. The molecule has 2 N–H and O–H groups in total. The first-order valence-corrected chi connectivity index (χ1v) is 9.38. The van der Waals surface area contributed by atoms with Crippen LogP contribution in [0.15, 0.2) is 36.5 Å². The monoisotopic (exact) mass is 376 g/mol. The molecular formula is C20H20N6O2. The molecule has 4 heterocycles. The number of carbonyl (C=O) groups excluding carboxylic acids is 1. The molecule has 0 radical (unpaired) electrons. The van der Waals surface area contributed by atoms with Crippen LogP contribution in [0.4, 0.5) is 4.79 Å². The van der Waals surface area contributed by atoms with Gasteiger partial charge in [-0.1, -0.05) is 36.3 Å². The molecule has 1 saturated heterocycles. The molecule has 1 fully saturated rings. The van der Waals surface area contributed by atoms with Gasteiger partial charge in [-0.3, -0.25) is 4.90 Å². The van der Waals surface area contributed by atoms with E-state index in [1.807, 2.05) is 27.8 Å². The normalized spacial score (nSPS) is 18.0. The molecule has 4 aliphatic heterocycles. The average Bonchev–Trinajstić information content (AvgIpc) is 3.45. The first-order chi connectivity index (χ1) is 13.6. The number of rotatable bonds is 0. The number of hydrogen-bond acceptors (Lipinski definition) is 5. The van der Waals surface area contributed by atoms with Gasteiger partial charge in [0, 0.05) is 18.3 Å². The minimum absolute atomic E-state index is 0.00133. The first kappa shape index (κ1) is 16.8.